The number of hydrogen-bond acceptors (Lipinski definition) is 3. The van der Waals surface area contributed by atoms with Crippen molar-refractivity contribution in [2.45, 2.75) is 44.1 Å². The third-order valence-electron chi connectivity index (χ3n) is 4.96. The highest BCUT2D eigenvalue weighted by atomic mass is 15.3. The Hall–Kier alpha value is -1.09. The summed E-state index contributed by atoms with van der Waals surface area (Å²) in [5, 5.41) is 3.51. The summed E-state index contributed by atoms with van der Waals surface area (Å²) in [6, 6.07) is 2.96. The second kappa shape index (κ2) is 4.23. The van der Waals surface area contributed by atoms with Crippen LogP contribution in [0.15, 0.2) is 12.3 Å². The van der Waals surface area contributed by atoms with Crippen LogP contribution in [0.5, 0.6) is 0 Å². The van der Waals surface area contributed by atoms with E-state index in [0.29, 0.717) is 6.04 Å². The summed E-state index contributed by atoms with van der Waals surface area (Å²) in [6.07, 6.45) is 8.76. The first-order valence-corrected chi connectivity index (χ1v) is 7.38. The minimum atomic E-state index is 0.676. The lowest BCUT2D eigenvalue weighted by atomic mass is 9.77. The van der Waals surface area contributed by atoms with Gasteiger partial charge in [0.25, 0.3) is 0 Å². The van der Waals surface area contributed by atoms with Crippen molar-refractivity contribution in [3.63, 3.8) is 0 Å². The maximum atomic E-state index is 4.70. The number of rotatable bonds is 1. The van der Waals surface area contributed by atoms with Crippen molar-refractivity contribution >= 4 is 5.82 Å². The molecule has 1 N–H and O–H groups in total. The molecule has 3 heterocycles. The van der Waals surface area contributed by atoms with Gasteiger partial charge >= 0.3 is 0 Å². The summed E-state index contributed by atoms with van der Waals surface area (Å²) in [6.45, 7) is 3.36. The Morgan fingerprint density at radius 3 is 3.06 bits per heavy atom. The van der Waals surface area contributed by atoms with Gasteiger partial charge in [-0.2, -0.15) is 0 Å². The van der Waals surface area contributed by atoms with Crippen LogP contribution in [0, 0.1) is 0 Å². The Balaban J connectivity index is 1.74. The average molecular weight is 243 g/mol. The molecule has 96 valence electrons. The van der Waals surface area contributed by atoms with Crippen LogP contribution in [-0.2, 0) is 6.42 Å². The number of nitrogens with one attached hydrogen (secondary N) is 1. The van der Waals surface area contributed by atoms with E-state index in [-0.39, 0.29) is 0 Å². The molecule has 0 amide bonds. The Bertz CT molecular complexity index is 453. The molecule has 2 aliphatic heterocycles. The molecular weight excluding hydrogens is 222 g/mol. The van der Waals surface area contributed by atoms with Gasteiger partial charge in [-0.1, -0.05) is 6.42 Å². The number of aromatic nitrogens is 1. The summed E-state index contributed by atoms with van der Waals surface area (Å²) < 4.78 is 0. The fourth-order valence-corrected chi connectivity index (χ4v) is 3.71. The zero-order chi connectivity index (χ0) is 11.9. The van der Waals surface area contributed by atoms with Crippen LogP contribution >= 0.6 is 0 Å². The minimum Gasteiger partial charge on any atom is -0.351 e. The Morgan fingerprint density at radius 1 is 1.28 bits per heavy atom. The summed E-state index contributed by atoms with van der Waals surface area (Å²) in [5.74, 6) is 2.14. The third kappa shape index (κ3) is 1.57. The van der Waals surface area contributed by atoms with Crippen molar-refractivity contribution in [1.29, 1.82) is 0 Å². The molecule has 4 rings (SSSR count). The van der Waals surface area contributed by atoms with Gasteiger partial charge in [0, 0.05) is 31.9 Å². The molecule has 3 nitrogen and oxygen atoms in total. The Labute approximate surface area is 109 Å². The smallest absolute Gasteiger partial charge is 0.132 e. The molecule has 1 aliphatic carbocycles. The SMILES string of the molecule is c1cc(C2CCC2)c2c(n1)N1CCNCC1CC2. The van der Waals surface area contributed by atoms with E-state index in [1.165, 1.54) is 37.9 Å². The quantitative estimate of drug-likeness (QED) is 0.818. The van der Waals surface area contributed by atoms with Crippen LogP contribution in [0.1, 0.15) is 42.7 Å². The van der Waals surface area contributed by atoms with Crippen LogP contribution in [0.4, 0.5) is 5.82 Å². The molecule has 1 unspecified atom stereocenters. The van der Waals surface area contributed by atoms with E-state index in [0.717, 1.165) is 25.6 Å². The van der Waals surface area contributed by atoms with E-state index in [1.54, 1.807) is 11.1 Å². The molecule has 1 aromatic rings. The predicted molar refractivity (Wildman–Crippen MR) is 73.2 cm³/mol. The van der Waals surface area contributed by atoms with E-state index in [1.807, 2.05) is 6.20 Å². The van der Waals surface area contributed by atoms with Crippen molar-refractivity contribution in [3.8, 4) is 0 Å². The largest absolute Gasteiger partial charge is 0.351 e. The monoisotopic (exact) mass is 243 g/mol. The molecule has 18 heavy (non-hydrogen) atoms. The highest BCUT2D eigenvalue weighted by Gasteiger charge is 2.32. The van der Waals surface area contributed by atoms with Crippen LogP contribution < -0.4 is 10.2 Å². The highest BCUT2D eigenvalue weighted by Crippen LogP contribution is 2.42. The van der Waals surface area contributed by atoms with Crippen molar-refractivity contribution in [2.24, 2.45) is 0 Å². The lowest BCUT2D eigenvalue weighted by Gasteiger charge is -2.43. The maximum absolute atomic E-state index is 4.70. The van der Waals surface area contributed by atoms with Crippen molar-refractivity contribution in [3.05, 3.63) is 23.4 Å². The van der Waals surface area contributed by atoms with E-state index >= 15 is 0 Å². The number of nitrogens with zero attached hydrogens (tertiary/aromatic N) is 2. The van der Waals surface area contributed by atoms with Crippen LogP contribution in [0.3, 0.4) is 0 Å². The number of piperazine rings is 1. The molecule has 2 fully saturated rings. The molecule has 0 bridgehead atoms. The average Bonchev–Trinajstić information content (AvgIpc) is 2.37. The first-order chi connectivity index (χ1) is 8.93. The zero-order valence-corrected chi connectivity index (χ0v) is 10.9. The van der Waals surface area contributed by atoms with Crippen molar-refractivity contribution in [2.75, 3.05) is 24.5 Å². The molecule has 0 radical (unpaired) electrons. The molecule has 1 atom stereocenters. The molecule has 1 saturated heterocycles. The molecule has 3 aliphatic rings. The lowest BCUT2D eigenvalue weighted by molar-refractivity contribution is 0.405. The number of hydrogen-bond donors (Lipinski definition) is 1. The number of fused-ring (bicyclic) bond motifs is 3. The second-order valence-electron chi connectivity index (χ2n) is 5.92. The van der Waals surface area contributed by atoms with Crippen molar-refractivity contribution < 1.29 is 0 Å². The first kappa shape index (κ1) is 10.8. The van der Waals surface area contributed by atoms with Crippen LogP contribution in [-0.4, -0.2) is 30.7 Å². The van der Waals surface area contributed by atoms with Gasteiger partial charge in [-0.05, 0) is 48.8 Å². The van der Waals surface area contributed by atoms with Gasteiger partial charge in [-0.25, -0.2) is 4.98 Å². The molecule has 1 saturated carbocycles. The van der Waals surface area contributed by atoms with Crippen molar-refractivity contribution in [1.82, 2.24) is 10.3 Å². The third-order valence-corrected chi connectivity index (χ3v) is 4.96. The molecule has 1 aromatic heterocycles. The second-order valence-corrected chi connectivity index (χ2v) is 5.92. The minimum absolute atomic E-state index is 0.676. The standard InChI is InChI=1S/C15H21N3/c1-2-11(3-1)13-6-7-17-15-14(13)5-4-12-10-16-8-9-18(12)15/h6-7,11-12,16H,1-5,8-10H2. The van der Waals surface area contributed by atoms with E-state index in [9.17, 15) is 0 Å². The molecule has 0 aromatic carbocycles. The van der Waals surface area contributed by atoms with Crippen LogP contribution in [0.2, 0.25) is 0 Å². The van der Waals surface area contributed by atoms with Gasteiger partial charge in [-0.3, -0.25) is 0 Å². The summed E-state index contributed by atoms with van der Waals surface area (Å²) in [5.41, 5.74) is 3.18. The van der Waals surface area contributed by atoms with Gasteiger partial charge in [0.1, 0.15) is 5.82 Å². The topological polar surface area (TPSA) is 28.2 Å². The van der Waals surface area contributed by atoms with Crippen LogP contribution in [0.25, 0.3) is 0 Å². The van der Waals surface area contributed by atoms with E-state index in [4.69, 9.17) is 4.98 Å². The molecular formula is C15H21N3. The summed E-state index contributed by atoms with van der Waals surface area (Å²) in [4.78, 5) is 7.26. The predicted octanol–water partition coefficient (Wildman–Crippen LogP) is 2.07. The fraction of sp³-hybridized carbons (Fsp3) is 0.667. The zero-order valence-electron chi connectivity index (χ0n) is 10.9. The van der Waals surface area contributed by atoms with Gasteiger partial charge in [0.05, 0.1) is 0 Å². The molecule has 0 spiro atoms. The van der Waals surface area contributed by atoms with E-state index in [2.05, 4.69) is 16.3 Å². The lowest BCUT2D eigenvalue weighted by Crippen LogP contribution is -2.53. The van der Waals surface area contributed by atoms with Gasteiger partial charge in [0.15, 0.2) is 0 Å². The maximum Gasteiger partial charge on any atom is 0.132 e. The Kier molecular flexibility index (Phi) is 2.54. The van der Waals surface area contributed by atoms with Gasteiger partial charge < -0.3 is 10.2 Å². The first-order valence-electron chi connectivity index (χ1n) is 7.38. The normalized spacial score (nSPS) is 27.3. The summed E-state index contributed by atoms with van der Waals surface area (Å²) in [7, 11) is 0. The van der Waals surface area contributed by atoms with E-state index < -0.39 is 0 Å². The molecule has 3 heteroatoms. The number of anilines is 1. The fourth-order valence-electron chi connectivity index (χ4n) is 3.71. The summed E-state index contributed by atoms with van der Waals surface area (Å²) >= 11 is 0. The van der Waals surface area contributed by atoms with Gasteiger partial charge in [0.2, 0.25) is 0 Å². The number of pyridine rings is 1. The highest BCUT2D eigenvalue weighted by molar-refractivity contribution is 5.55. The Morgan fingerprint density at radius 2 is 2.22 bits per heavy atom. The van der Waals surface area contributed by atoms with Gasteiger partial charge in [-0.15, -0.1) is 0 Å².